The second-order valence-electron chi connectivity index (χ2n) is 7.71. The van der Waals surface area contributed by atoms with Gasteiger partial charge in [-0.15, -0.1) is 0 Å². The van der Waals surface area contributed by atoms with Gasteiger partial charge in [0.15, 0.2) is 0 Å². The predicted octanol–water partition coefficient (Wildman–Crippen LogP) is 3.04. The number of benzene rings is 1. The monoisotopic (exact) mass is 453 g/mol. The number of amides is 3. The molecule has 0 aromatic heterocycles. The van der Waals surface area contributed by atoms with E-state index in [2.05, 4.69) is 21.2 Å². The van der Waals surface area contributed by atoms with Crippen LogP contribution in [0.3, 0.4) is 0 Å². The molecule has 1 heterocycles. The van der Waals surface area contributed by atoms with Crippen molar-refractivity contribution in [2.24, 2.45) is 0 Å². The van der Waals surface area contributed by atoms with E-state index in [4.69, 9.17) is 4.74 Å². The van der Waals surface area contributed by atoms with Gasteiger partial charge in [0, 0.05) is 49.2 Å². The van der Waals surface area contributed by atoms with Gasteiger partial charge in [0.1, 0.15) is 5.60 Å². The van der Waals surface area contributed by atoms with E-state index < -0.39 is 11.7 Å². The summed E-state index contributed by atoms with van der Waals surface area (Å²) in [5.74, 6) is -0.0533. The van der Waals surface area contributed by atoms with Gasteiger partial charge in [0.2, 0.25) is 5.91 Å². The van der Waals surface area contributed by atoms with Crippen molar-refractivity contribution in [1.29, 1.82) is 0 Å². The van der Waals surface area contributed by atoms with E-state index in [0.717, 1.165) is 10.9 Å². The third-order valence-corrected chi connectivity index (χ3v) is 4.76. The normalized spacial score (nSPS) is 15.0. The molecule has 1 aliphatic rings. The molecular weight excluding hydrogens is 426 g/mol. The second kappa shape index (κ2) is 9.91. The molecule has 7 nitrogen and oxygen atoms in total. The van der Waals surface area contributed by atoms with Gasteiger partial charge in [-0.3, -0.25) is 9.59 Å². The van der Waals surface area contributed by atoms with Crippen LogP contribution in [0.2, 0.25) is 0 Å². The lowest BCUT2D eigenvalue weighted by atomic mass is 10.2. The van der Waals surface area contributed by atoms with Crippen LogP contribution in [0, 0.1) is 0 Å². The molecule has 3 amide bonds. The molecule has 154 valence electrons. The zero-order valence-electron chi connectivity index (χ0n) is 16.7. The molecular formula is C20H28BrN3O4. The number of rotatable bonds is 4. The summed E-state index contributed by atoms with van der Waals surface area (Å²) in [6.07, 6.45) is 0.412. The van der Waals surface area contributed by atoms with Crippen molar-refractivity contribution in [2.45, 2.75) is 39.2 Å². The van der Waals surface area contributed by atoms with Gasteiger partial charge >= 0.3 is 6.09 Å². The summed E-state index contributed by atoms with van der Waals surface area (Å²) in [5, 5.41) is 2.60. The third kappa shape index (κ3) is 7.14. The molecule has 8 heteroatoms. The highest BCUT2D eigenvalue weighted by Crippen LogP contribution is 2.14. The minimum absolute atomic E-state index is 0.0200. The fourth-order valence-electron chi connectivity index (χ4n) is 2.89. The molecule has 1 aliphatic heterocycles. The summed E-state index contributed by atoms with van der Waals surface area (Å²) in [6, 6.07) is 7.28. The van der Waals surface area contributed by atoms with Gasteiger partial charge in [-0.2, -0.15) is 0 Å². The first kappa shape index (κ1) is 22.2. The first-order valence-electron chi connectivity index (χ1n) is 9.45. The minimum atomic E-state index is -0.566. The standard InChI is InChI=1S/C20H28BrN3O4/c1-20(2,3)28-19(27)22-10-9-17(25)23-11-4-12-24(14-13-23)18(26)15-5-7-16(21)8-6-15/h5-8H,4,9-14H2,1-3H3,(H,22,27). The molecule has 1 saturated heterocycles. The summed E-state index contributed by atoms with van der Waals surface area (Å²) in [4.78, 5) is 40.3. The van der Waals surface area contributed by atoms with Gasteiger partial charge < -0.3 is 19.9 Å². The van der Waals surface area contributed by atoms with E-state index in [9.17, 15) is 14.4 Å². The van der Waals surface area contributed by atoms with Gasteiger partial charge in [-0.1, -0.05) is 15.9 Å². The largest absolute Gasteiger partial charge is 0.444 e. The fraction of sp³-hybridized carbons (Fsp3) is 0.550. The smallest absolute Gasteiger partial charge is 0.407 e. The first-order valence-corrected chi connectivity index (χ1v) is 10.2. The van der Waals surface area contributed by atoms with Crippen molar-refractivity contribution in [3.8, 4) is 0 Å². The lowest BCUT2D eigenvalue weighted by Gasteiger charge is -2.23. The number of nitrogens with one attached hydrogen (secondary N) is 1. The van der Waals surface area contributed by atoms with Gasteiger partial charge in [0.05, 0.1) is 0 Å². The molecule has 28 heavy (non-hydrogen) atoms. The van der Waals surface area contributed by atoms with Crippen molar-refractivity contribution < 1.29 is 19.1 Å². The first-order chi connectivity index (χ1) is 13.2. The van der Waals surface area contributed by atoms with E-state index in [-0.39, 0.29) is 24.8 Å². The molecule has 0 saturated carbocycles. The summed E-state index contributed by atoms with van der Waals surface area (Å²) >= 11 is 3.37. The van der Waals surface area contributed by atoms with Crippen LogP contribution < -0.4 is 5.32 Å². The average Bonchev–Trinajstić information content (AvgIpc) is 2.86. The van der Waals surface area contributed by atoms with Gasteiger partial charge in [-0.05, 0) is 51.5 Å². The number of carbonyl (C=O) groups excluding carboxylic acids is 3. The van der Waals surface area contributed by atoms with Crippen LogP contribution in [0.15, 0.2) is 28.7 Å². The minimum Gasteiger partial charge on any atom is -0.444 e. The summed E-state index contributed by atoms with van der Waals surface area (Å²) in [5.41, 5.74) is 0.0773. The Morgan fingerprint density at radius 2 is 1.64 bits per heavy atom. The molecule has 2 rings (SSSR count). The summed E-state index contributed by atoms with van der Waals surface area (Å²) < 4.78 is 6.08. The predicted molar refractivity (Wildman–Crippen MR) is 110 cm³/mol. The molecule has 0 atom stereocenters. The Morgan fingerprint density at radius 1 is 1.04 bits per heavy atom. The van der Waals surface area contributed by atoms with E-state index in [1.165, 1.54) is 0 Å². The maximum absolute atomic E-state index is 12.6. The molecule has 0 spiro atoms. The Morgan fingerprint density at radius 3 is 2.29 bits per heavy atom. The van der Waals surface area contributed by atoms with Crippen molar-refractivity contribution in [3.63, 3.8) is 0 Å². The maximum atomic E-state index is 12.6. The van der Waals surface area contributed by atoms with E-state index in [0.29, 0.717) is 31.7 Å². The molecule has 0 aliphatic carbocycles. The molecule has 1 aromatic carbocycles. The molecule has 0 bridgehead atoms. The summed E-state index contributed by atoms with van der Waals surface area (Å²) in [6.45, 7) is 7.81. The van der Waals surface area contributed by atoms with Crippen LogP contribution in [0.5, 0.6) is 0 Å². The number of halogens is 1. The highest BCUT2D eigenvalue weighted by molar-refractivity contribution is 9.10. The Labute approximate surface area is 174 Å². The van der Waals surface area contributed by atoms with Crippen LogP contribution in [0.4, 0.5) is 4.79 Å². The van der Waals surface area contributed by atoms with Crippen LogP contribution in [0.25, 0.3) is 0 Å². The van der Waals surface area contributed by atoms with Gasteiger partial charge in [0.25, 0.3) is 5.91 Å². The molecule has 1 aromatic rings. The average molecular weight is 454 g/mol. The maximum Gasteiger partial charge on any atom is 0.407 e. The SMILES string of the molecule is CC(C)(C)OC(=O)NCCC(=O)N1CCCN(C(=O)c2ccc(Br)cc2)CC1. The van der Waals surface area contributed by atoms with E-state index in [1.807, 2.05) is 12.1 Å². The Kier molecular flexibility index (Phi) is 7.86. The number of hydrogen-bond acceptors (Lipinski definition) is 4. The Balaban J connectivity index is 1.79. The zero-order valence-corrected chi connectivity index (χ0v) is 18.3. The van der Waals surface area contributed by atoms with E-state index in [1.54, 1.807) is 42.7 Å². The molecule has 0 unspecified atom stereocenters. The number of ether oxygens (including phenoxy) is 1. The Hall–Kier alpha value is -2.09. The zero-order chi connectivity index (χ0) is 20.7. The number of alkyl carbamates (subject to hydrolysis) is 1. The molecule has 1 fully saturated rings. The lowest BCUT2D eigenvalue weighted by Crippen LogP contribution is -2.39. The second-order valence-corrected chi connectivity index (χ2v) is 8.63. The number of hydrogen-bond donors (Lipinski definition) is 1. The van der Waals surface area contributed by atoms with E-state index >= 15 is 0 Å². The van der Waals surface area contributed by atoms with Crippen LogP contribution >= 0.6 is 15.9 Å². The van der Waals surface area contributed by atoms with Crippen molar-refractivity contribution in [1.82, 2.24) is 15.1 Å². The number of carbonyl (C=O) groups is 3. The van der Waals surface area contributed by atoms with Crippen LogP contribution in [-0.4, -0.2) is 66.0 Å². The van der Waals surface area contributed by atoms with Crippen LogP contribution in [0.1, 0.15) is 44.0 Å². The molecule has 1 N–H and O–H groups in total. The van der Waals surface area contributed by atoms with Crippen molar-refractivity contribution in [2.75, 3.05) is 32.7 Å². The lowest BCUT2D eigenvalue weighted by molar-refractivity contribution is -0.130. The number of nitrogens with zero attached hydrogens (tertiary/aromatic N) is 2. The Bertz CT molecular complexity index is 700. The van der Waals surface area contributed by atoms with Crippen molar-refractivity contribution in [3.05, 3.63) is 34.3 Å². The van der Waals surface area contributed by atoms with Crippen LogP contribution in [-0.2, 0) is 9.53 Å². The van der Waals surface area contributed by atoms with Gasteiger partial charge in [-0.25, -0.2) is 4.79 Å². The topological polar surface area (TPSA) is 79.0 Å². The summed E-state index contributed by atoms with van der Waals surface area (Å²) in [7, 11) is 0. The molecule has 0 radical (unpaired) electrons. The third-order valence-electron chi connectivity index (χ3n) is 4.23. The van der Waals surface area contributed by atoms with Crippen molar-refractivity contribution >= 4 is 33.8 Å². The quantitative estimate of drug-likeness (QED) is 0.759. The fourth-order valence-corrected chi connectivity index (χ4v) is 3.15. The highest BCUT2D eigenvalue weighted by atomic mass is 79.9. The highest BCUT2D eigenvalue weighted by Gasteiger charge is 2.23.